The number of aryl methyl sites for hydroxylation is 1. The Morgan fingerprint density at radius 2 is 2.13 bits per heavy atom. The zero-order valence-corrected chi connectivity index (χ0v) is 9.30. The van der Waals surface area contributed by atoms with Crippen molar-refractivity contribution in [3.63, 3.8) is 0 Å². The van der Waals surface area contributed by atoms with Gasteiger partial charge in [0.1, 0.15) is 5.75 Å². The summed E-state index contributed by atoms with van der Waals surface area (Å²) >= 11 is 0. The van der Waals surface area contributed by atoms with E-state index in [1.165, 1.54) is 11.1 Å². The fourth-order valence-electron chi connectivity index (χ4n) is 2.31. The molecule has 0 unspecified atom stereocenters. The van der Waals surface area contributed by atoms with Crippen molar-refractivity contribution in [1.82, 2.24) is 0 Å². The van der Waals surface area contributed by atoms with Gasteiger partial charge in [0.15, 0.2) is 5.78 Å². The number of fused-ring (bicyclic) bond motifs is 1. The average molecular weight is 204 g/mol. The molecular weight excluding hydrogens is 188 g/mol. The maximum absolute atomic E-state index is 11.9. The second-order valence-corrected chi connectivity index (χ2v) is 3.91. The Balaban J connectivity index is 2.61. The monoisotopic (exact) mass is 204 g/mol. The van der Waals surface area contributed by atoms with Gasteiger partial charge in [0.2, 0.25) is 0 Å². The first-order valence-electron chi connectivity index (χ1n) is 5.49. The van der Waals surface area contributed by atoms with Crippen molar-refractivity contribution in [2.24, 2.45) is 0 Å². The highest BCUT2D eigenvalue weighted by molar-refractivity contribution is 6.01. The van der Waals surface area contributed by atoms with Crippen LogP contribution in [-0.4, -0.2) is 12.9 Å². The molecule has 2 heteroatoms. The van der Waals surface area contributed by atoms with Crippen molar-refractivity contribution in [2.45, 2.75) is 32.6 Å². The Kier molecular flexibility index (Phi) is 2.76. The molecule has 0 spiro atoms. The zero-order valence-electron chi connectivity index (χ0n) is 9.30. The van der Waals surface area contributed by atoms with E-state index in [1.807, 2.05) is 6.07 Å². The normalized spacial score (nSPS) is 14.9. The molecule has 0 bridgehead atoms. The lowest BCUT2D eigenvalue weighted by molar-refractivity contribution is 0.0969. The lowest BCUT2D eigenvalue weighted by atomic mass is 9.86. The first-order valence-corrected chi connectivity index (χ1v) is 5.49. The molecule has 80 valence electrons. The van der Waals surface area contributed by atoms with Gasteiger partial charge in [0.25, 0.3) is 0 Å². The summed E-state index contributed by atoms with van der Waals surface area (Å²) in [6, 6.07) is 4.00. The van der Waals surface area contributed by atoms with E-state index in [-0.39, 0.29) is 5.78 Å². The number of rotatable bonds is 2. The van der Waals surface area contributed by atoms with Crippen molar-refractivity contribution in [1.29, 1.82) is 0 Å². The predicted octanol–water partition coefficient (Wildman–Crippen LogP) is 2.78. The van der Waals surface area contributed by atoms with Gasteiger partial charge in [-0.05, 0) is 36.5 Å². The summed E-state index contributed by atoms with van der Waals surface area (Å²) in [5.41, 5.74) is 3.34. The molecule has 0 saturated heterocycles. The Hall–Kier alpha value is -1.31. The first-order chi connectivity index (χ1) is 7.27. The second-order valence-electron chi connectivity index (χ2n) is 3.91. The lowest BCUT2D eigenvalue weighted by Crippen LogP contribution is -2.14. The van der Waals surface area contributed by atoms with Crippen LogP contribution in [0.25, 0.3) is 0 Å². The van der Waals surface area contributed by atoms with E-state index in [1.54, 1.807) is 7.11 Å². The topological polar surface area (TPSA) is 26.3 Å². The van der Waals surface area contributed by atoms with Crippen LogP contribution < -0.4 is 4.74 Å². The van der Waals surface area contributed by atoms with Crippen molar-refractivity contribution in [3.05, 3.63) is 28.8 Å². The molecule has 0 saturated carbocycles. The predicted molar refractivity (Wildman–Crippen MR) is 59.6 cm³/mol. The summed E-state index contributed by atoms with van der Waals surface area (Å²) < 4.78 is 5.26. The molecule has 0 fully saturated rings. The van der Waals surface area contributed by atoms with E-state index in [0.717, 1.165) is 30.6 Å². The van der Waals surface area contributed by atoms with E-state index < -0.39 is 0 Å². The summed E-state index contributed by atoms with van der Waals surface area (Å²) in [5, 5.41) is 0. The average Bonchev–Trinajstić information content (AvgIpc) is 2.28. The molecule has 2 nitrogen and oxygen atoms in total. The number of methoxy groups -OCH3 is 1. The van der Waals surface area contributed by atoms with E-state index in [2.05, 4.69) is 13.0 Å². The van der Waals surface area contributed by atoms with Gasteiger partial charge < -0.3 is 4.74 Å². The van der Waals surface area contributed by atoms with Gasteiger partial charge in [-0.2, -0.15) is 0 Å². The fraction of sp³-hybridized carbons (Fsp3) is 0.462. The number of ketones is 1. The van der Waals surface area contributed by atoms with E-state index in [4.69, 9.17) is 4.74 Å². The van der Waals surface area contributed by atoms with Crippen LogP contribution in [-0.2, 0) is 12.8 Å². The van der Waals surface area contributed by atoms with Crippen LogP contribution in [0.15, 0.2) is 12.1 Å². The maximum Gasteiger partial charge on any atom is 0.166 e. The molecule has 2 rings (SSSR count). The Bertz CT molecular complexity index is 394. The summed E-state index contributed by atoms with van der Waals surface area (Å²) in [4.78, 5) is 11.9. The Morgan fingerprint density at radius 1 is 1.33 bits per heavy atom. The fourth-order valence-corrected chi connectivity index (χ4v) is 2.31. The van der Waals surface area contributed by atoms with Crippen molar-refractivity contribution in [2.75, 3.05) is 7.11 Å². The van der Waals surface area contributed by atoms with Crippen LogP contribution in [0.1, 0.15) is 41.3 Å². The summed E-state index contributed by atoms with van der Waals surface area (Å²) in [6.07, 6.45) is 3.64. The van der Waals surface area contributed by atoms with Gasteiger partial charge >= 0.3 is 0 Å². The highest BCUT2D eigenvalue weighted by atomic mass is 16.5. The Labute approximate surface area is 90.3 Å². The van der Waals surface area contributed by atoms with Crippen LogP contribution in [0.4, 0.5) is 0 Å². The van der Waals surface area contributed by atoms with Crippen LogP contribution in [0, 0.1) is 0 Å². The number of ether oxygens (including phenoxy) is 1. The molecule has 15 heavy (non-hydrogen) atoms. The molecular formula is C13H16O2. The standard InChI is InChI=1S/C13H16O2/c1-3-9-7-8-12(15-2)13-10(9)5-4-6-11(13)14/h7-8H,3-6H2,1-2H3. The molecule has 0 amide bonds. The minimum absolute atomic E-state index is 0.239. The molecule has 0 atom stereocenters. The van der Waals surface area contributed by atoms with E-state index in [0.29, 0.717) is 6.42 Å². The van der Waals surface area contributed by atoms with Crippen LogP contribution in [0.3, 0.4) is 0 Å². The van der Waals surface area contributed by atoms with Gasteiger partial charge in [-0.15, -0.1) is 0 Å². The first kappa shape index (κ1) is 10.2. The SMILES string of the molecule is CCc1ccc(OC)c2c1CCCC2=O. The number of carbonyl (C=O) groups is 1. The third-order valence-corrected chi connectivity index (χ3v) is 3.08. The number of Topliss-reactive ketones (excluding diaryl/α,β-unsaturated/α-hetero) is 1. The smallest absolute Gasteiger partial charge is 0.166 e. The zero-order chi connectivity index (χ0) is 10.8. The summed E-state index contributed by atoms with van der Waals surface area (Å²) in [5.74, 6) is 0.982. The number of benzene rings is 1. The number of hydrogen-bond donors (Lipinski definition) is 0. The molecule has 0 aromatic heterocycles. The van der Waals surface area contributed by atoms with Gasteiger partial charge in [0, 0.05) is 6.42 Å². The molecule has 0 aliphatic heterocycles. The van der Waals surface area contributed by atoms with E-state index in [9.17, 15) is 4.79 Å². The molecule has 1 aromatic rings. The molecule has 0 heterocycles. The van der Waals surface area contributed by atoms with Crippen molar-refractivity contribution >= 4 is 5.78 Å². The highest BCUT2D eigenvalue weighted by Gasteiger charge is 2.23. The third-order valence-electron chi connectivity index (χ3n) is 3.08. The van der Waals surface area contributed by atoms with Gasteiger partial charge in [-0.1, -0.05) is 13.0 Å². The maximum atomic E-state index is 11.9. The highest BCUT2D eigenvalue weighted by Crippen LogP contribution is 2.32. The second kappa shape index (κ2) is 4.05. The molecule has 0 radical (unpaired) electrons. The number of carbonyl (C=O) groups excluding carboxylic acids is 1. The van der Waals surface area contributed by atoms with Crippen molar-refractivity contribution < 1.29 is 9.53 Å². The molecule has 0 N–H and O–H groups in total. The van der Waals surface area contributed by atoms with Gasteiger partial charge in [0.05, 0.1) is 12.7 Å². The minimum Gasteiger partial charge on any atom is -0.496 e. The summed E-state index contributed by atoms with van der Waals surface area (Å²) in [6.45, 7) is 2.13. The lowest BCUT2D eigenvalue weighted by Gasteiger charge is -2.20. The molecule has 1 aromatic carbocycles. The third kappa shape index (κ3) is 1.65. The largest absolute Gasteiger partial charge is 0.496 e. The summed E-state index contributed by atoms with van der Waals surface area (Å²) in [7, 11) is 1.63. The van der Waals surface area contributed by atoms with E-state index >= 15 is 0 Å². The minimum atomic E-state index is 0.239. The van der Waals surface area contributed by atoms with Gasteiger partial charge in [-0.3, -0.25) is 4.79 Å². The van der Waals surface area contributed by atoms with Crippen molar-refractivity contribution in [3.8, 4) is 5.75 Å². The quantitative estimate of drug-likeness (QED) is 0.740. The van der Waals surface area contributed by atoms with Crippen LogP contribution in [0.5, 0.6) is 5.75 Å². The van der Waals surface area contributed by atoms with Gasteiger partial charge in [-0.25, -0.2) is 0 Å². The molecule has 1 aliphatic carbocycles. The molecule has 1 aliphatic rings. The number of hydrogen-bond acceptors (Lipinski definition) is 2. The van der Waals surface area contributed by atoms with Crippen LogP contribution in [0.2, 0.25) is 0 Å². The van der Waals surface area contributed by atoms with Crippen LogP contribution >= 0.6 is 0 Å². The Morgan fingerprint density at radius 3 is 2.80 bits per heavy atom.